The molecule has 0 spiro atoms. The molecule has 0 aromatic carbocycles. The van der Waals surface area contributed by atoms with E-state index in [2.05, 4.69) is 15.4 Å². The number of rotatable bonds is 5. The average Bonchev–Trinajstić information content (AvgIpc) is 2.86. The van der Waals surface area contributed by atoms with E-state index in [1.54, 1.807) is 12.5 Å². The third kappa shape index (κ3) is 2.82. The van der Waals surface area contributed by atoms with Gasteiger partial charge in [0.1, 0.15) is 6.26 Å². The van der Waals surface area contributed by atoms with Gasteiger partial charge in [-0.25, -0.2) is 0 Å². The lowest BCUT2D eigenvalue weighted by atomic mass is 10.3. The minimum Gasteiger partial charge on any atom is -0.364 e. The lowest BCUT2D eigenvalue weighted by molar-refractivity contribution is 0.335. The van der Waals surface area contributed by atoms with Crippen LogP contribution in [-0.2, 0) is 6.54 Å². The Bertz CT molecular complexity index is 242. The first-order valence-electron chi connectivity index (χ1n) is 5.26. The Morgan fingerprint density at radius 3 is 3.00 bits per heavy atom. The van der Waals surface area contributed by atoms with E-state index >= 15 is 0 Å². The lowest BCUT2D eigenvalue weighted by Crippen LogP contribution is -2.29. The standard InChI is InChI=1S/C10H17N3O/c1-2-5-13(4-1)6-3-11-7-10-8-12-14-9-10/h8-9,11H,1-7H2. The van der Waals surface area contributed by atoms with E-state index in [4.69, 9.17) is 4.52 Å². The van der Waals surface area contributed by atoms with E-state index in [1.807, 2.05) is 0 Å². The summed E-state index contributed by atoms with van der Waals surface area (Å²) >= 11 is 0. The summed E-state index contributed by atoms with van der Waals surface area (Å²) in [4.78, 5) is 2.50. The van der Waals surface area contributed by atoms with Gasteiger partial charge in [-0.2, -0.15) is 0 Å². The molecule has 1 aliphatic heterocycles. The lowest BCUT2D eigenvalue weighted by Gasteiger charge is -2.14. The monoisotopic (exact) mass is 195 g/mol. The second kappa shape index (κ2) is 5.12. The molecule has 78 valence electrons. The number of aromatic nitrogens is 1. The van der Waals surface area contributed by atoms with Crippen molar-refractivity contribution in [3.63, 3.8) is 0 Å². The van der Waals surface area contributed by atoms with Crippen LogP contribution >= 0.6 is 0 Å². The number of hydrogen-bond donors (Lipinski definition) is 1. The molecule has 1 aromatic rings. The minimum absolute atomic E-state index is 0.858. The number of hydrogen-bond acceptors (Lipinski definition) is 4. The van der Waals surface area contributed by atoms with E-state index in [1.165, 1.54) is 25.9 Å². The largest absolute Gasteiger partial charge is 0.364 e. The molecule has 1 N–H and O–H groups in total. The Balaban J connectivity index is 1.55. The van der Waals surface area contributed by atoms with E-state index in [-0.39, 0.29) is 0 Å². The summed E-state index contributed by atoms with van der Waals surface area (Å²) in [6.07, 6.45) is 6.17. The van der Waals surface area contributed by atoms with Crippen LogP contribution in [0.3, 0.4) is 0 Å². The van der Waals surface area contributed by atoms with Gasteiger partial charge in [0.25, 0.3) is 0 Å². The fourth-order valence-corrected chi connectivity index (χ4v) is 1.79. The normalized spacial score (nSPS) is 17.7. The molecule has 2 heterocycles. The van der Waals surface area contributed by atoms with Gasteiger partial charge in [0.05, 0.1) is 6.20 Å². The van der Waals surface area contributed by atoms with Crippen LogP contribution in [0, 0.1) is 0 Å². The van der Waals surface area contributed by atoms with Crippen LogP contribution in [-0.4, -0.2) is 36.2 Å². The highest BCUT2D eigenvalue weighted by Crippen LogP contribution is 2.05. The molecule has 0 aliphatic carbocycles. The fourth-order valence-electron chi connectivity index (χ4n) is 1.79. The predicted molar refractivity (Wildman–Crippen MR) is 53.9 cm³/mol. The fraction of sp³-hybridized carbons (Fsp3) is 0.700. The molecule has 4 heteroatoms. The van der Waals surface area contributed by atoms with Crippen LogP contribution in [0.1, 0.15) is 18.4 Å². The zero-order valence-corrected chi connectivity index (χ0v) is 8.41. The number of nitrogens with one attached hydrogen (secondary N) is 1. The van der Waals surface area contributed by atoms with Crippen LogP contribution in [0.15, 0.2) is 17.0 Å². The highest BCUT2D eigenvalue weighted by atomic mass is 16.5. The molecule has 0 bridgehead atoms. The number of nitrogens with zero attached hydrogens (tertiary/aromatic N) is 2. The molecular weight excluding hydrogens is 178 g/mol. The van der Waals surface area contributed by atoms with Gasteiger partial charge in [-0.15, -0.1) is 0 Å². The van der Waals surface area contributed by atoms with Gasteiger partial charge < -0.3 is 14.7 Å². The summed E-state index contributed by atoms with van der Waals surface area (Å²) < 4.78 is 4.74. The van der Waals surface area contributed by atoms with Gasteiger partial charge in [0, 0.05) is 25.2 Å². The molecule has 14 heavy (non-hydrogen) atoms. The summed E-state index contributed by atoms with van der Waals surface area (Å²) in [6, 6.07) is 0. The van der Waals surface area contributed by atoms with Gasteiger partial charge in [-0.3, -0.25) is 0 Å². The zero-order valence-electron chi connectivity index (χ0n) is 8.41. The quantitative estimate of drug-likeness (QED) is 0.707. The molecule has 1 aliphatic rings. The van der Waals surface area contributed by atoms with Crippen molar-refractivity contribution >= 4 is 0 Å². The van der Waals surface area contributed by atoms with E-state index < -0.39 is 0 Å². The van der Waals surface area contributed by atoms with E-state index in [0.717, 1.165) is 25.2 Å². The highest BCUT2D eigenvalue weighted by Gasteiger charge is 2.09. The summed E-state index contributed by atoms with van der Waals surface area (Å²) in [7, 11) is 0. The second-order valence-corrected chi connectivity index (χ2v) is 3.76. The first-order chi connectivity index (χ1) is 6.95. The SMILES string of the molecule is c1nocc1CNCCN1CCCC1. The van der Waals surface area contributed by atoms with Gasteiger partial charge in [0.2, 0.25) is 0 Å². The predicted octanol–water partition coefficient (Wildman–Crippen LogP) is 0.860. The molecule has 0 radical (unpaired) electrons. The summed E-state index contributed by atoms with van der Waals surface area (Å²) in [5.74, 6) is 0. The van der Waals surface area contributed by atoms with Gasteiger partial charge >= 0.3 is 0 Å². The Labute approximate surface area is 84.3 Å². The topological polar surface area (TPSA) is 41.3 Å². The highest BCUT2D eigenvalue weighted by molar-refractivity contribution is 4.98. The molecule has 1 fully saturated rings. The third-order valence-corrected chi connectivity index (χ3v) is 2.62. The van der Waals surface area contributed by atoms with Gasteiger partial charge in [-0.1, -0.05) is 5.16 Å². The summed E-state index contributed by atoms with van der Waals surface area (Å²) in [5.41, 5.74) is 1.12. The molecule has 0 saturated carbocycles. The molecular formula is C10H17N3O. The Morgan fingerprint density at radius 1 is 1.43 bits per heavy atom. The first kappa shape index (κ1) is 9.68. The van der Waals surface area contributed by atoms with E-state index in [0.29, 0.717) is 0 Å². The maximum Gasteiger partial charge on any atom is 0.128 e. The van der Waals surface area contributed by atoms with Gasteiger partial charge in [0.15, 0.2) is 0 Å². The van der Waals surface area contributed by atoms with Crippen molar-refractivity contribution in [2.24, 2.45) is 0 Å². The van der Waals surface area contributed by atoms with Crippen LogP contribution in [0.4, 0.5) is 0 Å². The van der Waals surface area contributed by atoms with Crippen molar-refractivity contribution in [1.82, 2.24) is 15.4 Å². The molecule has 0 unspecified atom stereocenters. The Kier molecular flexibility index (Phi) is 3.54. The van der Waals surface area contributed by atoms with Crippen LogP contribution in [0.25, 0.3) is 0 Å². The molecule has 4 nitrogen and oxygen atoms in total. The smallest absolute Gasteiger partial charge is 0.128 e. The molecule has 2 rings (SSSR count). The summed E-state index contributed by atoms with van der Waals surface area (Å²) in [5, 5.41) is 7.03. The Hall–Kier alpha value is -0.870. The summed E-state index contributed by atoms with van der Waals surface area (Å²) in [6.45, 7) is 5.61. The van der Waals surface area contributed by atoms with Crippen molar-refractivity contribution in [3.05, 3.63) is 18.0 Å². The number of likely N-dealkylation sites (tertiary alicyclic amines) is 1. The van der Waals surface area contributed by atoms with Crippen molar-refractivity contribution < 1.29 is 4.52 Å². The van der Waals surface area contributed by atoms with Crippen molar-refractivity contribution in [2.45, 2.75) is 19.4 Å². The van der Waals surface area contributed by atoms with Crippen molar-refractivity contribution in [3.8, 4) is 0 Å². The molecule has 0 amide bonds. The maximum atomic E-state index is 4.74. The van der Waals surface area contributed by atoms with Crippen molar-refractivity contribution in [2.75, 3.05) is 26.2 Å². The molecule has 1 aromatic heterocycles. The average molecular weight is 195 g/mol. The second-order valence-electron chi connectivity index (χ2n) is 3.76. The first-order valence-corrected chi connectivity index (χ1v) is 5.26. The zero-order chi connectivity index (χ0) is 9.64. The Morgan fingerprint density at radius 2 is 2.29 bits per heavy atom. The van der Waals surface area contributed by atoms with Crippen LogP contribution in [0.2, 0.25) is 0 Å². The van der Waals surface area contributed by atoms with Crippen molar-refractivity contribution in [1.29, 1.82) is 0 Å². The minimum atomic E-state index is 0.858. The van der Waals surface area contributed by atoms with E-state index in [9.17, 15) is 0 Å². The third-order valence-electron chi connectivity index (χ3n) is 2.62. The van der Waals surface area contributed by atoms with Crippen LogP contribution < -0.4 is 5.32 Å². The van der Waals surface area contributed by atoms with Crippen LogP contribution in [0.5, 0.6) is 0 Å². The van der Waals surface area contributed by atoms with Gasteiger partial charge in [-0.05, 0) is 25.9 Å². The molecule has 1 saturated heterocycles. The maximum absolute atomic E-state index is 4.74. The molecule has 0 atom stereocenters.